The number of benzene rings is 1. The van der Waals surface area contributed by atoms with Gasteiger partial charge in [0.2, 0.25) is 5.91 Å². The third kappa shape index (κ3) is 4.21. The van der Waals surface area contributed by atoms with Gasteiger partial charge in [0.05, 0.1) is 13.2 Å². The van der Waals surface area contributed by atoms with Crippen LogP contribution in [-0.2, 0) is 11.3 Å². The lowest BCUT2D eigenvalue weighted by Gasteiger charge is -2.26. The summed E-state index contributed by atoms with van der Waals surface area (Å²) in [6, 6.07) is 5.67. The molecular weight excluding hydrogens is 266 g/mol. The number of ether oxygens (including phenoxy) is 1. The molecule has 1 aliphatic heterocycles. The summed E-state index contributed by atoms with van der Waals surface area (Å²) in [5.41, 5.74) is 1.81. The number of hydrogen-bond acceptors (Lipinski definition) is 3. The molecule has 1 unspecified atom stereocenters. The molecule has 1 heterocycles. The molecule has 0 aliphatic carbocycles. The van der Waals surface area contributed by atoms with Gasteiger partial charge in [-0.25, -0.2) is 0 Å². The van der Waals surface area contributed by atoms with Crippen LogP contribution in [0, 0.1) is 0 Å². The molecule has 21 heavy (non-hydrogen) atoms. The van der Waals surface area contributed by atoms with Crippen LogP contribution in [0.15, 0.2) is 18.2 Å². The molecule has 0 spiro atoms. The molecule has 1 fully saturated rings. The number of aliphatic hydroxyl groups excluding tert-OH is 1. The molecule has 4 heteroatoms. The molecule has 1 N–H and O–H groups in total. The normalized spacial score (nSPS) is 18.0. The van der Waals surface area contributed by atoms with Crippen LogP contribution in [0.3, 0.4) is 0 Å². The van der Waals surface area contributed by atoms with E-state index in [1.807, 2.05) is 23.1 Å². The van der Waals surface area contributed by atoms with Crippen molar-refractivity contribution in [3.05, 3.63) is 29.3 Å². The maximum atomic E-state index is 12.2. The first-order valence-electron chi connectivity index (χ1n) is 7.74. The maximum absolute atomic E-state index is 12.2. The Morgan fingerprint density at radius 2 is 2.05 bits per heavy atom. The van der Waals surface area contributed by atoms with E-state index in [2.05, 4.69) is 0 Å². The fourth-order valence-electron chi connectivity index (χ4n) is 2.77. The number of rotatable bonds is 4. The zero-order valence-electron chi connectivity index (χ0n) is 13.0. The summed E-state index contributed by atoms with van der Waals surface area (Å²) >= 11 is 0. The molecule has 1 aromatic carbocycles. The van der Waals surface area contributed by atoms with Crippen molar-refractivity contribution in [2.45, 2.75) is 51.7 Å². The topological polar surface area (TPSA) is 49.8 Å². The standard InChI is InChI=1S/C17H25NO3/c1-13(19)14-8-9-16(21-2)15(11-14)12-18-10-6-4-3-5-7-17(18)20/h8-9,11,13,19H,3-7,10,12H2,1-2H3. The SMILES string of the molecule is COc1ccc(C(C)O)cc1CN1CCCCCCC1=O. The van der Waals surface area contributed by atoms with Crippen molar-refractivity contribution in [1.29, 1.82) is 0 Å². The molecule has 1 aliphatic rings. The Balaban J connectivity index is 2.19. The molecule has 0 radical (unpaired) electrons. The maximum Gasteiger partial charge on any atom is 0.222 e. The Labute approximate surface area is 126 Å². The van der Waals surface area contributed by atoms with Gasteiger partial charge >= 0.3 is 0 Å². The summed E-state index contributed by atoms with van der Waals surface area (Å²) in [6.45, 7) is 3.11. The van der Waals surface area contributed by atoms with Crippen LogP contribution in [0.4, 0.5) is 0 Å². The van der Waals surface area contributed by atoms with Crippen LogP contribution < -0.4 is 4.74 Å². The van der Waals surface area contributed by atoms with Gasteiger partial charge in [-0.15, -0.1) is 0 Å². The Morgan fingerprint density at radius 3 is 2.76 bits per heavy atom. The third-order valence-electron chi connectivity index (χ3n) is 4.07. The first-order chi connectivity index (χ1) is 10.1. The van der Waals surface area contributed by atoms with E-state index in [4.69, 9.17) is 4.74 Å². The summed E-state index contributed by atoms with van der Waals surface area (Å²) in [5.74, 6) is 0.994. The zero-order chi connectivity index (χ0) is 15.2. The van der Waals surface area contributed by atoms with E-state index in [1.54, 1.807) is 14.0 Å². The highest BCUT2D eigenvalue weighted by Gasteiger charge is 2.18. The highest BCUT2D eigenvalue weighted by atomic mass is 16.5. The average Bonchev–Trinajstić information content (AvgIpc) is 2.46. The predicted molar refractivity (Wildman–Crippen MR) is 82.1 cm³/mol. The number of likely N-dealkylation sites (tertiary alicyclic amines) is 1. The number of carbonyl (C=O) groups is 1. The van der Waals surface area contributed by atoms with E-state index >= 15 is 0 Å². The van der Waals surface area contributed by atoms with Gasteiger partial charge in [-0.1, -0.05) is 18.9 Å². The molecule has 1 aromatic rings. The van der Waals surface area contributed by atoms with Crippen molar-refractivity contribution in [3.63, 3.8) is 0 Å². The molecule has 1 atom stereocenters. The van der Waals surface area contributed by atoms with Gasteiger partial charge in [-0.3, -0.25) is 4.79 Å². The number of carbonyl (C=O) groups excluding carboxylic acids is 1. The Morgan fingerprint density at radius 1 is 1.29 bits per heavy atom. The van der Waals surface area contributed by atoms with Gasteiger partial charge in [0.25, 0.3) is 0 Å². The van der Waals surface area contributed by atoms with E-state index in [9.17, 15) is 9.90 Å². The van der Waals surface area contributed by atoms with Crippen molar-refractivity contribution in [1.82, 2.24) is 4.90 Å². The quantitative estimate of drug-likeness (QED) is 0.927. The second-order valence-corrected chi connectivity index (χ2v) is 5.73. The van der Waals surface area contributed by atoms with E-state index in [0.29, 0.717) is 13.0 Å². The lowest BCUT2D eigenvalue weighted by molar-refractivity contribution is -0.132. The van der Waals surface area contributed by atoms with E-state index in [1.165, 1.54) is 6.42 Å². The summed E-state index contributed by atoms with van der Waals surface area (Å²) in [6.07, 6.45) is 4.51. The minimum absolute atomic E-state index is 0.221. The third-order valence-corrected chi connectivity index (χ3v) is 4.07. The first-order valence-corrected chi connectivity index (χ1v) is 7.74. The summed E-state index contributed by atoms with van der Waals surface area (Å²) in [4.78, 5) is 14.1. The second-order valence-electron chi connectivity index (χ2n) is 5.73. The number of aliphatic hydroxyl groups is 1. The van der Waals surface area contributed by atoms with Gasteiger partial charge in [0, 0.05) is 25.1 Å². The van der Waals surface area contributed by atoms with Gasteiger partial charge in [0.1, 0.15) is 5.75 Å². The molecule has 0 aromatic heterocycles. The molecule has 0 saturated carbocycles. The van der Waals surface area contributed by atoms with E-state index < -0.39 is 6.10 Å². The second kappa shape index (κ2) is 7.46. The summed E-state index contributed by atoms with van der Waals surface area (Å²) in [7, 11) is 1.64. The van der Waals surface area contributed by atoms with Crippen LogP contribution in [-0.4, -0.2) is 29.6 Å². The summed E-state index contributed by atoms with van der Waals surface area (Å²) in [5, 5.41) is 9.73. The average molecular weight is 291 g/mol. The zero-order valence-corrected chi connectivity index (χ0v) is 13.0. The van der Waals surface area contributed by atoms with Crippen LogP contribution in [0.2, 0.25) is 0 Å². The van der Waals surface area contributed by atoms with Gasteiger partial charge in [0.15, 0.2) is 0 Å². The molecule has 1 amide bonds. The molecule has 116 valence electrons. The lowest BCUT2D eigenvalue weighted by atomic mass is 10.0. The van der Waals surface area contributed by atoms with Gasteiger partial charge in [-0.05, 0) is 37.5 Å². The highest BCUT2D eigenvalue weighted by molar-refractivity contribution is 5.76. The van der Waals surface area contributed by atoms with E-state index in [0.717, 1.165) is 42.7 Å². The van der Waals surface area contributed by atoms with Crippen LogP contribution in [0.25, 0.3) is 0 Å². The minimum atomic E-state index is -0.516. The minimum Gasteiger partial charge on any atom is -0.496 e. The largest absolute Gasteiger partial charge is 0.496 e. The van der Waals surface area contributed by atoms with Crippen molar-refractivity contribution >= 4 is 5.91 Å². The van der Waals surface area contributed by atoms with Crippen LogP contribution in [0.1, 0.15) is 56.3 Å². The molecule has 2 rings (SSSR count). The molecule has 0 bridgehead atoms. The summed E-state index contributed by atoms with van der Waals surface area (Å²) < 4.78 is 5.39. The number of amides is 1. The van der Waals surface area contributed by atoms with Crippen molar-refractivity contribution in [3.8, 4) is 5.75 Å². The van der Waals surface area contributed by atoms with Gasteiger partial charge in [-0.2, -0.15) is 0 Å². The predicted octanol–water partition coefficient (Wildman–Crippen LogP) is 3.04. The molecule has 1 saturated heterocycles. The molecule has 4 nitrogen and oxygen atoms in total. The Bertz CT molecular complexity index is 485. The fourth-order valence-corrected chi connectivity index (χ4v) is 2.77. The Kier molecular flexibility index (Phi) is 5.62. The fraction of sp³-hybridized carbons (Fsp3) is 0.588. The van der Waals surface area contributed by atoms with Crippen molar-refractivity contribution < 1.29 is 14.6 Å². The lowest BCUT2D eigenvalue weighted by Crippen LogP contribution is -2.32. The number of nitrogens with zero attached hydrogens (tertiary/aromatic N) is 1. The monoisotopic (exact) mass is 291 g/mol. The number of methoxy groups -OCH3 is 1. The van der Waals surface area contributed by atoms with Crippen molar-refractivity contribution in [2.75, 3.05) is 13.7 Å². The number of hydrogen-bond donors (Lipinski definition) is 1. The van der Waals surface area contributed by atoms with Crippen LogP contribution >= 0.6 is 0 Å². The highest BCUT2D eigenvalue weighted by Crippen LogP contribution is 2.25. The first kappa shape index (κ1) is 15.8. The molecular formula is C17H25NO3. The van der Waals surface area contributed by atoms with E-state index in [-0.39, 0.29) is 5.91 Å². The Hall–Kier alpha value is -1.55. The van der Waals surface area contributed by atoms with Gasteiger partial charge < -0.3 is 14.7 Å². The van der Waals surface area contributed by atoms with Crippen LogP contribution in [0.5, 0.6) is 5.75 Å². The smallest absolute Gasteiger partial charge is 0.222 e. The van der Waals surface area contributed by atoms with Crippen molar-refractivity contribution in [2.24, 2.45) is 0 Å².